The van der Waals surface area contributed by atoms with E-state index in [0.717, 1.165) is 32.1 Å². The molecule has 17 heavy (non-hydrogen) atoms. The van der Waals surface area contributed by atoms with E-state index in [1.54, 1.807) is 7.11 Å². The molecule has 0 aromatic carbocycles. The predicted octanol–water partition coefficient (Wildman–Crippen LogP) is 1.44. The zero-order chi connectivity index (χ0) is 12.7. The van der Waals surface area contributed by atoms with Crippen molar-refractivity contribution in [1.29, 1.82) is 0 Å². The number of nitrogens with one attached hydrogen (secondary N) is 1. The van der Waals surface area contributed by atoms with Crippen molar-refractivity contribution in [3.05, 3.63) is 0 Å². The van der Waals surface area contributed by atoms with Crippen molar-refractivity contribution >= 4 is 5.91 Å². The summed E-state index contributed by atoms with van der Waals surface area (Å²) in [4.78, 5) is 11.9. The second-order valence-corrected chi connectivity index (χ2v) is 5.12. The summed E-state index contributed by atoms with van der Waals surface area (Å²) in [6.07, 6.45) is 5.93. The van der Waals surface area contributed by atoms with E-state index in [-0.39, 0.29) is 11.9 Å². The van der Waals surface area contributed by atoms with Crippen LogP contribution >= 0.6 is 0 Å². The van der Waals surface area contributed by atoms with Gasteiger partial charge < -0.3 is 15.8 Å². The van der Waals surface area contributed by atoms with Crippen molar-refractivity contribution in [2.24, 2.45) is 11.7 Å². The highest BCUT2D eigenvalue weighted by Gasteiger charge is 2.22. The lowest BCUT2D eigenvalue weighted by Gasteiger charge is -2.26. The highest BCUT2D eigenvalue weighted by Crippen LogP contribution is 2.25. The molecule has 0 heterocycles. The van der Waals surface area contributed by atoms with E-state index >= 15 is 0 Å². The van der Waals surface area contributed by atoms with Crippen LogP contribution in [0.3, 0.4) is 0 Å². The van der Waals surface area contributed by atoms with E-state index in [4.69, 9.17) is 10.5 Å². The Morgan fingerprint density at radius 3 is 2.88 bits per heavy atom. The van der Waals surface area contributed by atoms with Gasteiger partial charge in [-0.15, -0.1) is 0 Å². The Labute approximate surface area is 104 Å². The summed E-state index contributed by atoms with van der Waals surface area (Å²) in [6.45, 7) is 2.65. The van der Waals surface area contributed by atoms with Crippen molar-refractivity contribution in [1.82, 2.24) is 5.32 Å². The van der Waals surface area contributed by atoms with Gasteiger partial charge in [-0.3, -0.25) is 4.79 Å². The molecule has 0 radical (unpaired) electrons. The van der Waals surface area contributed by atoms with Gasteiger partial charge in [-0.05, 0) is 31.6 Å². The Bertz CT molecular complexity index is 233. The monoisotopic (exact) mass is 242 g/mol. The molecular formula is C13H26N2O2. The van der Waals surface area contributed by atoms with Crippen molar-refractivity contribution in [3.8, 4) is 0 Å². The van der Waals surface area contributed by atoms with E-state index in [0.29, 0.717) is 25.0 Å². The molecule has 3 unspecified atom stereocenters. The van der Waals surface area contributed by atoms with Gasteiger partial charge in [-0.25, -0.2) is 0 Å². The van der Waals surface area contributed by atoms with Crippen LogP contribution < -0.4 is 11.1 Å². The molecule has 1 fully saturated rings. The lowest BCUT2D eigenvalue weighted by atomic mass is 9.84. The van der Waals surface area contributed by atoms with E-state index in [1.165, 1.54) is 0 Å². The Kier molecular flexibility index (Phi) is 6.52. The van der Waals surface area contributed by atoms with E-state index < -0.39 is 0 Å². The van der Waals surface area contributed by atoms with Crippen molar-refractivity contribution in [2.75, 3.05) is 13.7 Å². The number of carbonyl (C=O) groups is 1. The van der Waals surface area contributed by atoms with Gasteiger partial charge in [0.2, 0.25) is 5.91 Å². The maximum atomic E-state index is 11.9. The topological polar surface area (TPSA) is 64.3 Å². The molecule has 0 spiro atoms. The van der Waals surface area contributed by atoms with Crippen molar-refractivity contribution in [2.45, 2.75) is 57.5 Å². The highest BCUT2D eigenvalue weighted by atomic mass is 16.5. The lowest BCUT2D eigenvalue weighted by molar-refractivity contribution is -0.123. The summed E-state index contributed by atoms with van der Waals surface area (Å²) in [5, 5.41) is 3.02. The molecule has 3 N–H and O–H groups in total. The number of methoxy groups -OCH3 is 1. The Morgan fingerprint density at radius 2 is 2.29 bits per heavy atom. The average molecular weight is 242 g/mol. The second kappa shape index (κ2) is 7.67. The first kappa shape index (κ1) is 14.5. The number of rotatable bonds is 6. The fourth-order valence-electron chi connectivity index (χ4n) is 2.53. The first-order valence-electron chi connectivity index (χ1n) is 6.69. The van der Waals surface area contributed by atoms with Crippen LogP contribution in [0.25, 0.3) is 0 Å². The molecule has 1 saturated carbocycles. The highest BCUT2D eigenvalue weighted by molar-refractivity contribution is 5.76. The van der Waals surface area contributed by atoms with E-state index in [2.05, 4.69) is 12.2 Å². The van der Waals surface area contributed by atoms with Crippen LogP contribution in [0, 0.1) is 5.92 Å². The van der Waals surface area contributed by atoms with Crippen LogP contribution in [0.4, 0.5) is 0 Å². The van der Waals surface area contributed by atoms with Crippen LogP contribution in [0.2, 0.25) is 0 Å². The molecule has 1 amide bonds. The molecule has 4 heteroatoms. The van der Waals surface area contributed by atoms with E-state index in [9.17, 15) is 4.79 Å². The van der Waals surface area contributed by atoms with Gasteiger partial charge >= 0.3 is 0 Å². The first-order chi connectivity index (χ1) is 8.15. The van der Waals surface area contributed by atoms with Gasteiger partial charge in [-0.2, -0.15) is 0 Å². The minimum atomic E-state index is 0.143. The molecule has 0 aromatic rings. The van der Waals surface area contributed by atoms with Crippen LogP contribution in [0.5, 0.6) is 0 Å². The van der Waals surface area contributed by atoms with Gasteiger partial charge in [0.25, 0.3) is 0 Å². The largest absolute Gasteiger partial charge is 0.383 e. The normalized spacial score (nSPS) is 26.5. The smallest absolute Gasteiger partial charge is 0.220 e. The molecule has 0 aromatic heterocycles. The molecule has 3 atom stereocenters. The Hall–Kier alpha value is -0.610. The van der Waals surface area contributed by atoms with Crippen LogP contribution in [0.15, 0.2) is 0 Å². The molecule has 1 aliphatic carbocycles. The number of hydrogen-bond acceptors (Lipinski definition) is 3. The first-order valence-corrected chi connectivity index (χ1v) is 6.69. The Morgan fingerprint density at radius 1 is 1.53 bits per heavy atom. The van der Waals surface area contributed by atoms with Crippen molar-refractivity contribution in [3.63, 3.8) is 0 Å². The standard InChI is InChI=1S/C13H26N2O2/c1-3-12(9-17-2)15-13(16)8-10-5-4-6-11(14)7-10/h10-12H,3-9,14H2,1-2H3,(H,15,16). The maximum Gasteiger partial charge on any atom is 0.220 e. The van der Waals surface area contributed by atoms with Crippen LogP contribution in [0.1, 0.15) is 45.4 Å². The predicted molar refractivity (Wildman–Crippen MR) is 68.6 cm³/mol. The second-order valence-electron chi connectivity index (χ2n) is 5.12. The third kappa shape index (κ3) is 5.50. The summed E-state index contributed by atoms with van der Waals surface area (Å²) in [5.74, 6) is 0.617. The quantitative estimate of drug-likeness (QED) is 0.740. The average Bonchev–Trinajstić information content (AvgIpc) is 2.28. The molecule has 0 bridgehead atoms. The number of amides is 1. The maximum absolute atomic E-state index is 11.9. The summed E-state index contributed by atoms with van der Waals surface area (Å²) in [7, 11) is 1.66. The minimum absolute atomic E-state index is 0.143. The summed E-state index contributed by atoms with van der Waals surface area (Å²) < 4.78 is 5.07. The summed E-state index contributed by atoms with van der Waals surface area (Å²) >= 11 is 0. The fraction of sp³-hybridized carbons (Fsp3) is 0.923. The van der Waals surface area contributed by atoms with Gasteiger partial charge in [0.1, 0.15) is 0 Å². The van der Waals surface area contributed by atoms with Crippen LogP contribution in [-0.4, -0.2) is 31.7 Å². The molecule has 100 valence electrons. The third-order valence-electron chi connectivity index (χ3n) is 3.52. The number of hydrogen-bond donors (Lipinski definition) is 2. The van der Waals surface area contributed by atoms with Crippen LogP contribution in [-0.2, 0) is 9.53 Å². The van der Waals surface area contributed by atoms with Gasteiger partial charge in [0, 0.05) is 19.6 Å². The third-order valence-corrected chi connectivity index (χ3v) is 3.52. The molecule has 1 aliphatic rings. The SMILES string of the molecule is CCC(COC)NC(=O)CC1CCCC(N)C1. The van der Waals surface area contributed by atoms with Gasteiger partial charge in [0.05, 0.1) is 12.6 Å². The minimum Gasteiger partial charge on any atom is -0.383 e. The molecule has 0 saturated heterocycles. The van der Waals surface area contributed by atoms with Gasteiger partial charge in [0.15, 0.2) is 0 Å². The zero-order valence-corrected chi connectivity index (χ0v) is 11.1. The Balaban J connectivity index is 2.27. The van der Waals surface area contributed by atoms with Gasteiger partial charge in [-0.1, -0.05) is 13.3 Å². The van der Waals surface area contributed by atoms with E-state index in [1.807, 2.05) is 0 Å². The summed E-state index contributed by atoms with van der Waals surface area (Å²) in [6, 6.07) is 0.437. The number of nitrogens with two attached hydrogens (primary N) is 1. The molecular weight excluding hydrogens is 216 g/mol. The number of ether oxygens (including phenoxy) is 1. The lowest BCUT2D eigenvalue weighted by Crippen LogP contribution is -2.39. The zero-order valence-electron chi connectivity index (χ0n) is 11.1. The van der Waals surface area contributed by atoms with Crippen molar-refractivity contribution < 1.29 is 9.53 Å². The fourth-order valence-corrected chi connectivity index (χ4v) is 2.53. The molecule has 1 rings (SSSR count). The molecule has 4 nitrogen and oxygen atoms in total. The summed E-state index contributed by atoms with van der Waals surface area (Å²) in [5.41, 5.74) is 5.92. The molecule has 0 aliphatic heterocycles. The number of carbonyl (C=O) groups excluding carboxylic acids is 1.